The van der Waals surface area contributed by atoms with E-state index in [1.165, 1.54) is 16.2 Å². The molecule has 0 saturated heterocycles. The number of hydrogen-bond donors (Lipinski definition) is 2. The van der Waals surface area contributed by atoms with E-state index in [-0.39, 0.29) is 23.4 Å². The number of ether oxygens (including phenoxy) is 1. The average molecular weight is 423 g/mol. The molecule has 1 aromatic carbocycles. The van der Waals surface area contributed by atoms with Crippen molar-refractivity contribution in [2.75, 3.05) is 11.9 Å². The van der Waals surface area contributed by atoms with Crippen molar-refractivity contribution >= 4 is 57.1 Å². The average Bonchev–Trinajstić information content (AvgIpc) is 3.17. The van der Waals surface area contributed by atoms with Crippen LogP contribution in [0.5, 0.6) is 0 Å². The molecular formula is C19H19ClN2O3S2. The third-order valence-corrected chi connectivity index (χ3v) is 5.82. The molecule has 1 aliphatic rings. The smallest absolute Gasteiger partial charge is 0.341 e. The zero-order chi connectivity index (χ0) is 19.4. The Labute approximate surface area is 172 Å². The van der Waals surface area contributed by atoms with Crippen molar-refractivity contribution in [1.82, 2.24) is 5.32 Å². The fourth-order valence-corrected chi connectivity index (χ4v) is 4.69. The lowest BCUT2D eigenvalue weighted by Crippen LogP contribution is -2.35. The van der Waals surface area contributed by atoms with Crippen LogP contribution in [0.25, 0.3) is 0 Å². The zero-order valence-electron chi connectivity index (χ0n) is 14.8. The van der Waals surface area contributed by atoms with E-state index in [2.05, 4.69) is 10.6 Å². The summed E-state index contributed by atoms with van der Waals surface area (Å²) < 4.78 is 5.19. The number of nitrogens with one attached hydrogen (secondary N) is 2. The minimum absolute atomic E-state index is 0.166. The molecule has 2 N–H and O–H groups in total. The van der Waals surface area contributed by atoms with Crippen LogP contribution in [-0.2, 0) is 28.8 Å². The number of fused-ring (bicyclic) bond motifs is 1. The number of amides is 1. The minimum Gasteiger partial charge on any atom is -0.462 e. The maximum absolute atomic E-state index is 12.4. The number of hydrogen-bond acceptors (Lipinski definition) is 5. The number of carbonyl (C=O) groups is 2. The van der Waals surface area contributed by atoms with Crippen molar-refractivity contribution < 1.29 is 14.3 Å². The van der Waals surface area contributed by atoms with E-state index in [0.717, 1.165) is 30.4 Å². The molecule has 27 heavy (non-hydrogen) atoms. The molecule has 0 saturated carbocycles. The highest BCUT2D eigenvalue weighted by Crippen LogP contribution is 2.39. The fourth-order valence-electron chi connectivity index (χ4n) is 3.00. The van der Waals surface area contributed by atoms with Gasteiger partial charge in [-0.15, -0.1) is 11.3 Å². The van der Waals surface area contributed by atoms with E-state index in [1.54, 1.807) is 31.2 Å². The largest absolute Gasteiger partial charge is 0.462 e. The normalized spacial score (nSPS) is 12.4. The van der Waals surface area contributed by atoms with Gasteiger partial charge in [0.1, 0.15) is 5.00 Å². The van der Waals surface area contributed by atoms with Crippen LogP contribution in [0.15, 0.2) is 24.3 Å². The molecule has 0 radical (unpaired) electrons. The first kappa shape index (κ1) is 19.8. The van der Waals surface area contributed by atoms with Gasteiger partial charge in [0, 0.05) is 9.90 Å². The first-order valence-electron chi connectivity index (χ1n) is 8.65. The highest BCUT2D eigenvalue weighted by atomic mass is 35.5. The van der Waals surface area contributed by atoms with Gasteiger partial charge in [0.2, 0.25) is 5.91 Å². The molecule has 0 unspecified atom stereocenters. The van der Waals surface area contributed by atoms with Crippen LogP contribution in [0, 0.1) is 0 Å². The lowest BCUT2D eigenvalue weighted by atomic mass is 10.1. The van der Waals surface area contributed by atoms with E-state index >= 15 is 0 Å². The molecule has 5 nitrogen and oxygen atoms in total. The molecular weight excluding hydrogens is 404 g/mol. The molecule has 0 aliphatic heterocycles. The van der Waals surface area contributed by atoms with Crippen molar-refractivity contribution in [1.29, 1.82) is 0 Å². The van der Waals surface area contributed by atoms with Crippen molar-refractivity contribution in [2.45, 2.75) is 32.6 Å². The number of thiophene rings is 1. The van der Waals surface area contributed by atoms with Gasteiger partial charge in [0.25, 0.3) is 0 Å². The second-order valence-corrected chi connectivity index (χ2v) is 8.04. The molecule has 1 heterocycles. The van der Waals surface area contributed by atoms with Crippen LogP contribution < -0.4 is 10.6 Å². The number of thiocarbonyl (C=S) groups is 1. The summed E-state index contributed by atoms with van der Waals surface area (Å²) in [6.07, 6.45) is 3.03. The number of anilines is 1. The van der Waals surface area contributed by atoms with Gasteiger partial charge in [-0.3, -0.25) is 4.79 Å². The van der Waals surface area contributed by atoms with Crippen molar-refractivity contribution in [3.63, 3.8) is 0 Å². The summed E-state index contributed by atoms with van der Waals surface area (Å²) in [4.78, 5) is 25.7. The van der Waals surface area contributed by atoms with E-state index in [4.69, 9.17) is 28.6 Å². The Hall–Kier alpha value is -1.96. The Morgan fingerprint density at radius 1 is 1.26 bits per heavy atom. The summed E-state index contributed by atoms with van der Waals surface area (Å²) >= 11 is 12.6. The van der Waals surface area contributed by atoms with Crippen molar-refractivity contribution in [2.24, 2.45) is 0 Å². The Bertz CT molecular complexity index is 878. The maximum Gasteiger partial charge on any atom is 0.341 e. The molecule has 0 bridgehead atoms. The summed E-state index contributed by atoms with van der Waals surface area (Å²) in [5.74, 6) is -0.591. The maximum atomic E-state index is 12.4. The number of esters is 1. The van der Waals surface area contributed by atoms with Crippen LogP contribution >= 0.6 is 35.2 Å². The molecule has 1 aliphatic carbocycles. The second-order valence-electron chi connectivity index (χ2n) is 6.09. The third kappa shape index (κ3) is 4.86. The van der Waals surface area contributed by atoms with Crippen molar-refractivity contribution in [3.05, 3.63) is 50.9 Å². The number of carbonyl (C=O) groups excluding carboxylic acids is 2. The summed E-state index contributed by atoms with van der Waals surface area (Å²) in [7, 11) is 0. The van der Waals surface area contributed by atoms with E-state index in [0.29, 0.717) is 22.2 Å². The van der Waals surface area contributed by atoms with Crippen LogP contribution in [0.2, 0.25) is 5.02 Å². The number of aryl methyl sites for hydroxylation is 1. The molecule has 8 heteroatoms. The Balaban J connectivity index is 1.66. The van der Waals surface area contributed by atoms with Gasteiger partial charge in [-0.1, -0.05) is 23.7 Å². The Morgan fingerprint density at radius 3 is 2.70 bits per heavy atom. The predicted octanol–water partition coefficient (Wildman–Crippen LogP) is 4.12. The molecule has 0 fully saturated rings. The predicted molar refractivity (Wildman–Crippen MR) is 112 cm³/mol. The molecule has 2 aromatic rings. The van der Waals surface area contributed by atoms with Crippen LogP contribution in [0.3, 0.4) is 0 Å². The molecule has 1 aromatic heterocycles. The first-order valence-corrected chi connectivity index (χ1v) is 10.2. The van der Waals surface area contributed by atoms with Gasteiger partial charge in [-0.2, -0.15) is 0 Å². The van der Waals surface area contributed by atoms with E-state index < -0.39 is 0 Å². The number of rotatable bonds is 5. The zero-order valence-corrected chi connectivity index (χ0v) is 17.2. The lowest BCUT2D eigenvalue weighted by molar-refractivity contribution is -0.119. The number of halogens is 1. The molecule has 142 valence electrons. The van der Waals surface area contributed by atoms with Gasteiger partial charge < -0.3 is 15.4 Å². The molecule has 1 amide bonds. The highest BCUT2D eigenvalue weighted by Gasteiger charge is 2.28. The van der Waals surface area contributed by atoms with Crippen LogP contribution in [0.1, 0.15) is 39.7 Å². The monoisotopic (exact) mass is 422 g/mol. The summed E-state index contributed by atoms with van der Waals surface area (Å²) in [6, 6.07) is 7.06. The first-order chi connectivity index (χ1) is 13.0. The quantitative estimate of drug-likeness (QED) is 0.560. The van der Waals surface area contributed by atoms with Crippen molar-refractivity contribution in [3.8, 4) is 0 Å². The van der Waals surface area contributed by atoms with Crippen LogP contribution in [0.4, 0.5) is 5.00 Å². The topological polar surface area (TPSA) is 67.4 Å². The van der Waals surface area contributed by atoms with Crippen LogP contribution in [-0.4, -0.2) is 23.6 Å². The Kier molecular flexibility index (Phi) is 6.46. The molecule has 0 spiro atoms. The van der Waals surface area contributed by atoms with E-state index in [1.807, 2.05) is 0 Å². The van der Waals surface area contributed by atoms with Gasteiger partial charge in [-0.25, -0.2) is 4.79 Å². The van der Waals surface area contributed by atoms with Gasteiger partial charge >= 0.3 is 5.97 Å². The third-order valence-electron chi connectivity index (χ3n) is 4.16. The molecule has 0 atom stereocenters. The number of benzene rings is 1. The highest BCUT2D eigenvalue weighted by molar-refractivity contribution is 7.80. The second kappa shape index (κ2) is 8.82. The standard InChI is InChI=1S/C19H19ClN2O3S2/c1-2-25-18(24)16-13-4-3-5-14(13)27-17(16)22-19(26)21-15(23)10-11-6-8-12(20)9-7-11/h6-9H,2-5,10H2,1H3,(H2,21,22,23,26). The minimum atomic E-state index is -0.352. The summed E-state index contributed by atoms with van der Waals surface area (Å²) in [5, 5.41) is 7.08. The van der Waals surface area contributed by atoms with Gasteiger partial charge in [0.05, 0.1) is 18.6 Å². The summed E-state index contributed by atoms with van der Waals surface area (Å²) in [5.41, 5.74) is 2.42. The fraction of sp³-hybridized carbons (Fsp3) is 0.316. The Morgan fingerprint density at radius 2 is 2.00 bits per heavy atom. The van der Waals surface area contributed by atoms with Gasteiger partial charge in [0.15, 0.2) is 5.11 Å². The summed E-state index contributed by atoms with van der Waals surface area (Å²) in [6.45, 7) is 2.09. The van der Waals surface area contributed by atoms with E-state index in [9.17, 15) is 9.59 Å². The lowest BCUT2D eigenvalue weighted by Gasteiger charge is -2.11. The SMILES string of the molecule is CCOC(=O)c1c(NC(=S)NC(=O)Cc2ccc(Cl)cc2)sc2c1CCC2. The van der Waals surface area contributed by atoms with Gasteiger partial charge in [-0.05, 0) is 61.7 Å². The molecule has 3 rings (SSSR count).